The Bertz CT molecular complexity index is 1020. The van der Waals surface area contributed by atoms with Crippen LogP contribution >= 0.6 is 0 Å². The number of fused-ring (bicyclic) bond motifs is 1. The van der Waals surface area contributed by atoms with Crippen molar-refractivity contribution in [2.75, 3.05) is 30.0 Å². The largest absolute Gasteiger partial charge is 0.486 e. The van der Waals surface area contributed by atoms with E-state index in [0.717, 1.165) is 22.7 Å². The first kappa shape index (κ1) is 18.8. The Hall–Kier alpha value is -3.54. The lowest BCUT2D eigenvalue weighted by molar-refractivity contribution is 0.0988. The molecule has 0 aliphatic carbocycles. The number of carbonyl (C=O) groups is 1. The van der Waals surface area contributed by atoms with E-state index >= 15 is 0 Å². The van der Waals surface area contributed by atoms with Gasteiger partial charge in [0.15, 0.2) is 11.5 Å². The maximum atomic E-state index is 13.0. The van der Waals surface area contributed by atoms with Crippen LogP contribution in [0.3, 0.4) is 0 Å². The highest BCUT2D eigenvalue weighted by molar-refractivity contribution is 6.06. The van der Waals surface area contributed by atoms with Gasteiger partial charge in [0, 0.05) is 30.2 Å². The second-order valence-corrected chi connectivity index (χ2v) is 6.80. The fraction of sp³-hybridized carbons (Fsp3) is 0.217. The normalized spacial score (nSPS) is 12.3. The number of nitrogens with one attached hydrogen (secondary N) is 1. The number of pyridine rings is 1. The van der Waals surface area contributed by atoms with Gasteiger partial charge < -0.3 is 19.7 Å². The second-order valence-electron chi connectivity index (χ2n) is 6.80. The zero-order chi connectivity index (χ0) is 20.2. The third kappa shape index (κ3) is 4.16. The summed E-state index contributed by atoms with van der Waals surface area (Å²) >= 11 is 0. The lowest BCUT2D eigenvalue weighted by Crippen LogP contribution is -2.30. The highest BCUT2D eigenvalue weighted by Crippen LogP contribution is 2.33. The van der Waals surface area contributed by atoms with E-state index in [2.05, 4.69) is 10.3 Å². The molecule has 1 aliphatic heterocycles. The lowest BCUT2D eigenvalue weighted by Gasteiger charge is -2.21. The van der Waals surface area contributed by atoms with Gasteiger partial charge in [0.2, 0.25) is 0 Å². The number of amides is 1. The van der Waals surface area contributed by atoms with Crippen LogP contribution in [0.5, 0.6) is 11.5 Å². The molecule has 29 heavy (non-hydrogen) atoms. The van der Waals surface area contributed by atoms with Gasteiger partial charge in [0.1, 0.15) is 19.0 Å². The SMILES string of the molecule is CCN(C(=O)c1ccc(Nc2ccc3c(c2)OCCO3)nc1)c1cccc(C)c1. The molecule has 6 nitrogen and oxygen atoms in total. The van der Waals surface area contributed by atoms with Gasteiger partial charge in [0.05, 0.1) is 5.56 Å². The van der Waals surface area contributed by atoms with Crippen LogP contribution in [0.2, 0.25) is 0 Å². The second kappa shape index (κ2) is 8.22. The number of anilines is 3. The van der Waals surface area contributed by atoms with Gasteiger partial charge in [-0.2, -0.15) is 0 Å². The fourth-order valence-electron chi connectivity index (χ4n) is 3.26. The summed E-state index contributed by atoms with van der Waals surface area (Å²) in [5, 5.41) is 3.23. The molecule has 6 heteroatoms. The smallest absolute Gasteiger partial charge is 0.259 e. The molecule has 3 aromatic rings. The highest BCUT2D eigenvalue weighted by atomic mass is 16.6. The van der Waals surface area contributed by atoms with E-state index in [9.17, 15) is 4.79 Å². The summed E-state index contributed by atoms with van der Waals surface area (Å²) in [5.74, 6) is 2.03. The van der Waals surface area contributed by atoms with E-state index in [4.69, 9.17) is 9.47 Å². The van der Waals surface area contributed by atoms with Crippen molar-refractivity contribution in [3.63, 3.8) is 0 Å². The Morgan fingerprint density at radius 1 is 1.07 bits per heavy atom. The maximum absolute atomic E-state index is 13.0. The Labute approximate surface area is 170 Å². The van der Waals surface area contributed by atoms with Gasteiger partial charge in [0.25, 0.3) is 5.91 Å². The average molecular weight is 389 g/mol. The van der Waals surface area contributed by atoms with Gasteiger partial charge in [-0.3, -0.25) is 4.79 Å². The summed E-state index contributed by atoms with van der Waals surface area (Å²) in [7, 11) is 0. The molecule has 148 valence electrons. The maximum Gasteiger partial charge on any atom is 0.259 e. The molecule has 1 aromatic heterocycles. The topological polar surface area (TPSA) is 63.7 Å². The van der Waals surface area contributed by atoms with E-state index in [1.54, 1.807) is 23.2 Å². The minimum atomic E-state index is -0.0727. The number of aromatic nitrogens is 1. The zero-order valence-electron chi connectivity index (χ0n) is 16.5. The van der Waals surface area contributed by atoms with Crippen LogP contribution in [-0.2, 0) is 0 Å². The molecule has 0 bridgehead atoms. The summed E-state index contributed by atoms with van der Waals surface area (Å²) < 4.78 is 11.1. The number of aryl methyl sites for hydroxylation is 1. The molecule has 1 N–H and O–H groups in total. The third-order valence-corrected chi connectivity index (χ3v) is 4.70. The number of nitrogens with zero attached hydrogens (tertiary/aromatic N) is 2. The lowest BCUT2D eigenvalue weighted by atomic mass is 10.1. The van der Waals surface area contributed by atoms with Crippen LogP contribution in [0.25, 0.3) is 0 Å². The molecule has 4 rings (SSSR count). The molecular formula is C23H23N3O3. The highest BCUT2D eigenvalue weighted by Gasteiger charge is 2.17. The van der Waals surface area contributed by atoms with Crippen molar-refractivity contribution in [3.8, 4) is 11.5 Å². The van der Waals surface area contributed by atoms with Crippen molar-refractivity contribution >= 4 is 23.1 Å². The van der Waals surface area contributed by atoms with Crippen molar-refractivity contribution in [1.29, 1.82) is 0 Å². The molecule has 0 radical (unpaired) electrons. The molecular weight excluding hydrogens is 366 g/mol. The van der Waals surface area contributed by atoms with E-state index in [1.165, 1.54) is 0 Å². The summed E-state index contributed by atoms with van der Waals surface area (Å²) in [6.07, 6.45) is 1.60. The molecule has 1 amide bonds. The Balaban J connectivity index is 1.49. The van der Waals surface area contributed by atoms with E-state index in [-0.39, 0.29) is 5.91 Å². The molecule has 0 saturated carbocycles. The third-order valence-electron chi connectivity index (χ3n) is 4.70. The van der Waals surface area contributed by atoms with Crippen LogP contribution in [0.1, 0.15) is 22.8 Å². The first-order chi connectivity index (χ1) is 14.1. The molecule has 0 spiro atoms. The number of carbonyl (C=O) groups excluding carboxylic acids is 1. The van der Waals surface area contributed by atoms with Gasteiger partial charge in [-0.25, -0.2) is 4.98 Å². The quantitative estimate of drug-likeness (QED) is 0.692. The number of hydrogen-bond donors (Lipinski definition) is 1. The number of rotatable bonds is 5. The molecule has 0 unspecified atom stereocenters. The van der Waals surface area contributed by atoms with Gasteiger partial charge in [-0.05, 0) is 55.8 Å². The van der Waals surface area contributed by atoms with E-state index in [1.807, 2.05) is 56.3 Å². The molecule has 1 aliphatic rings. The zero-order valence-corrected chi connectivity index (χ0v) is 16.5. The average Bonchev–Trinajstić information content (AvgIpc) is 2.75. The van der Waals surface area contributed by atoms with Crippen molar-refractivity contribution in [1.82, 2.24) is 4.98 Å². The minimum Gasteiger partial charge on any atom is -0.486 e. The number of hydrogen-bond acceptors (Lipinski definition) is 5. The van der Waals surface area contributed by atoms with Crippen molar-refractivity contribution in [3.05, 3.63) is 71.9 Å². The van der Waals surface area contributed by atoms with E-state index in [0.29, 0.717) is 36.9 Å². The summed E-state index contributed by atoms with van der Waals surface area (Å²) in [4.78, 5) is 19.1. The van der Waals surface area contributed by atoms with Crippen LogP contribution in [0.4, 0.5) is 17.2 Å². The molecule has 2 heterocycles. The van der Waals surface area contributed by atoms with Crippen LogP contribution in [0, 0.1) is 6.92 Å². The van der Waals surface area contributed by atoms with Gasteiger partial charge in [-0.15, -0.1) is 0 Å². The number of benzene rings is 2. The van der Waals surface area contributed by atoms with Crippen molar-refractivity contribution in [2.24, 2.45) is 0 Å². The standard InChI is InChI=1S/C23H23N3O3/c1-3-26(19-6-4-5-16(2)13-19)23(27)17-7-10-22(24-15-17)25-18-8-9-20-21(14-18)29-12-11-28-20/h4-10,13-15H,3,11-12H2,1-2H3,(H,24,25). The molecule has 0 fully saturated rings. The predicted octanol–water partition coefficient (Wildman–Crippen LogP) is 4.57. The molecule has 0 saturated heterocycles. The Kier molecular flexibility index (Phi) is 5.33. The predicted molar refractivity (Wildman–Crippen MR) is 113 cm³/mol. The summed E-state index contributed by atoms with van der Waals surface area (Å²) in [6.45, 7) is 5.67. The van der Waals surface area contributed by atoms with Crippen LogP contribution in [0.15, 0.2) is 60.8 Å². The van der Waals surface area contributed by atoms with Gasteiger partial charge in [-0.1, -0.05) is 12.1 Å². The van der Waals surface area contributed by atoms with E-state index < -0.39 is 0 Å². The van der Waals surface area contributed by atoms with Crippen molar-refractivity contribution in [2.45, 2.75) is 13.8 Å². The first-order valence-corrected chi connectivity index (χ1v) is 9.65. The van der Waals surface area contributed by atoms with Crippen LogP contribution in [-0.4, -0.2) is 30.6 Å². The summed E-state index contributed by atoms with van der Waals surface area (Å²) in [5.41, 5.74) is 3.39. The van der Waals surface area contributed by atoms with Gasteiger partial charge >= 0.3 is 0 Å². The summed E-state index contributed by atoms with van der Waals surface area (Å²) in [6, 6.07) is 17.2. The molecule has 2 aromatic carbocycles. The monoisotopic (exact) mass is 389 g/mol. The van der Waals surface area contributed by atoms with Crippen molar-refractivity contribution < 1.29 is 14.3 Å². The number of ether oxygens (including phenoxy) is 2. The Morgan fingerprint density at radius 3 is 2.62 bits per heavy atom. The molecule has 0 atom stereocenters. The minimum absolute atomic E-state index is 0.0727. The first-order valence-electron chi connectivity index (χ1n) is 9.65. The fourth-order valence-corrected chi connectivity index (χ4v) is 3.26. The van der Waals surface area contributed by atoms with Crippen LogP contribution < -0.4 is 19.7 Å². The Morgan fingerprint density at radius 2 is 1.90 bits per heavy atom.